The van der Waals surface area contributed by atoms with Gasteiger partial charge in [-0.25, -0.2) is 0 Å². The predicted molar refractivity (Wildman–Crippen MR) is 77.4 cm³/mol. The molecule has 1 aliphatic rings. The Labute approximate surface area is 124 Å². The van der Waals surface area contributed by atoms with Crippen LogP contribution >= 0.6 is 11.3 Å². The second kappa shape index (κ2) is 4.81. The van der Waals surface area contributed by atoms with Gasteiger partial charge in [0, 0.05) is 0 Å². The molecule has 8 heteroatoms. The molecule has 0 bridgehead atoms. The molecule has 0 radical (unpaired) electrons. The van der Waals surface area contributed by atoms with Crippen molar-refractivity contribution in [2.45, 2.75) is 19.4 Å². The summed E-state index contributed by atoms with van der Waals surface area (Å²) in [5.41, 5.74) is -1.12. The van der Waals surface area contributed by atoms with Crippen molar-refractivity contribution in [1.29, 1.82) is 0 Å². The van der Waals surface area contributed by atoms with Gasteiger partial charge in [0.15, 0.2) is 0 Å². The summed E-state index contributed by atoms with van der Waals surface area (Å²) in [7, 11) is 0. The third-order valence-corrected chi connectivity index (χ3v) is 3.82. The average molecular weight is 304 g/mol. The molecule has 1 aromatic heterocycles. The normalized spacial score (nSPS) is 20.2. The van der Waals surface area contributed by atoms with E-state index in [0.29, 0.717) is 16.6 Å². The molecule has 0 saturated heterocycles. The molecule has 0 saturated carbocycles. The predicted octanol–water partition coefficient (Wildman–Crippen LogP) is 1.57. The van der Waals surface area contributed by atoms with Crippen molar-refractivity contribution in [3.63, 3.8) is 0 Å². The molecular formula is C13H12N4O3S. The molecule has 2 aromatic rings. The highest BCUT2D eigenvalue weighted by molar-refractivity contribution is 7.15. The third kappa shape index (κ3) is 2.33. The molecule has 2 amide bonds. The van der Waals surface area contributed by atoms with Crippen LogP contribution < -0.4 is 15.4 Å². The molecule has 0 spiro atoms. The van der Waals surface area contributed by atoms with E-state index < -0.39 is 17.4 Å². The lowest BCUT2D eigenvalue weighted by Gasteiger charge is -2.32. The number of aromatic nitrogens is 2. The van der Waals surface area contributed by atoms with Crippen LogP contribution in [-0.4, -0.2) is 27.6 Å². The van der Waals surface area contributed by atoms with Crippen LogP contribution in [0.25, 0.3) is 0 Å². The van der Waals surface area contributed by atoms with Crippen LogP contribution in [0, 0.1) is 6.92 Å². The van der Waals surface area contributed by atoms with Crippen molar-refractivity contribution < 1.29 is 14.3 Å². The molecule has 0 fully saturated rings. The van der Waals surface area contributed by atoms with Crippen LogP contribution in [0.2, 0.25) is 0 Å². The summed E-state index contributed by atoms with van der Waals surface area (Å²) in [5, 5.41) is 13.9. The van der Waals surface area contributed by atoms with Gasteiger partial charge in [-0.15, -0.1) is 10.2 Å². The molecule has 21 heavy (non-hydrogen) atoms. The maximum atomic E-state index is 12.4. The van der Waals surface area contributed by atoms with E-state index >= 15 is 0 Å². The van der Waals surface area contributed by atoms with Crippen molar-refractivity contribution in [3.05, 3.63) is 29.3 Å². The number of aryl methyl sites for hydroxylation is 1. The van der Waals surface area contributed by atoms with Gasteiger partial charge >= 0.3 is 0 Å². The first-order chi connectivity index (χ1) is 9.99. The molecule has 0 unspecified atom stereocenters. The fraction of sp³-hybridized carbons (Fsp3) is 0.231. The van der Waals surface area contributed by atoms with Crippen LogP contribution in [0.4, 0.5) is 10.8 Å². The molecule has 7 nitrogen and oxygen atoms in total. The summed E-state index contributed by atoms with van der Waals surface area (Å²) in [6, 6.07) is 6.94. The zero-order chi connectivity index (χ0) is 15.0. The number of rotatable bonds is 2. The van der Waals surface area contributed by atoms with E-state index in [1.165, 1.54) is 18.3 Å². The van der Waals surface area contributed by atoms with Gasteiger partial charge in [0.1, 0.15) is 10.8 Å². The number of fused-ring (bicyclic) bond motifs is 1. The number of benzene rings is 1. The summed E-state index contributed by atoms with van der Waals surface area (Å²) in [5.74, 6) is -0.672. The van der Waals surface area contributed by atoms with Gasteiger partial charge in [0.2, 0.25) is 5.13 Å². The minimum Gasteiger partial charge on any atom is -0.466 e. The zero-order valence-corrected chi connectivity index (χ0v) is 12.2. The highest BCUT2D eigenvalue weighted by Gasteiger charge is 2.47. The van der Waals surface area contributed by atoms with Crippen molar-refractivity contribution in [2.24, 2.45) is 0 Å². The Morgan fingerprint density at radius 3 is 2.86 bits per heavy atom. The van der Waals surface area contributed by atoms with Crippen molar-refractivity contribution >= 4 is 34.0 Å². The van der Waals surface area contributed by atoms with E-state index in [0.717, 1.165) is 5.01 Å². The summed E-state index contributed by atoms with van der Waals surface area (Å²) in [6.45, 7) is 3.19. The topological polar surface area (TPSA) is 93.2 Å². The number of carbonyl (C=O) groups is 2. The average Bonchev–Trinajstić information content (AvgIpc) is 2.85. The lowest BCUT2D eigenvalue weighted by molar-refractivity contribution is -0.143. The van der Waals surface area contributed by atoms with Gasteiger partial charge in [-0.3, -0.25) is 14.9 Å². The fourth-order valence-corrected chi connectivity index (χ4v) is 2.47. The molecule has 0 aliphatic carbocycles. The summed E-state index contributed by atoms with van der Waals surface area (Å²) in [6.07, 6.45) is 0. The second-order valence-corrected chi connectivity index (χ2v) is 5.85. The van der Waals surface area contributed by atoms with E-state index in [9.17, 15) is 9.59 Å². The lowest BCUT2D eigenvalue weighted by atomic mass is 10.0. The zero-order valence-electron chi connectivity index (χ0n) is 11.3. The third-order valence-electron chi connectivity index (χ3n) is 3.06. The Morgan fingerprint density at radius 2 is 2.14 bits per heavy atom. The summed E-state index contributed by atoms with van der Waals surface area (Å²) >= 11 is 1.22. The van der Waals surface area contributed by atoms with Crippen LogP contribution in [-0.2, 0) is 9.59 Å². The van der Waals surface area contributed by atoms with Gasteiger partial charge in [-0.1, -0.05) is 23.5 Å². The van der Waals surface area contributed by atoms with Crippen molar-refractivity contribution in [3.8, 4) is 5.75 Å². The van der Waals surface area contributed by atoms with Gasteiger partial charge < -0.3 is 10.1 Å². The summed E-state index contributed by atoms with van der Waals surface area (Å²) in [4.78, 5) is 24.5. The first kappa shape index (κ1) is 13.5. The molecule has 1 aliphatic heterocycles. The first-order valence-electron chi connectivity index (χ1n) is 6.20. The number of hydrogen-bond donors (Lipinski definition) is 2. The number of carbonyl (C=O) groups excluding carboxylic acids is 2. The number of amides is 2. The second-order valence-electron chi connectivity index (χ2n) is 4.67. The number of ether oxygens (including phenoxy) is 1. The molecule has 2 N–H and O–H groups in total. The number of para-hydroxylation sites is 2. The molecule has 1 aromatic carbocycles. The van der Waals surface area contributed by atoms with Crippen molar-refractivity contribution in [2.75, 3.05) is 10.6 Å². The lowest BCUT2D eigenvalue weighted by Crippen LogP contribution is -2.56. The fourth-order valence-electron chi connectivity index (χ4n) is 1.88. The highest BCUT2D eigenvalue weighted by atomic mass is 32.1. The SMILES string of the molecule is Cc1nnc(NC(=O)[C@]2(C)Oc3ccccc3NC2=O)s1. The van der Waals surface area contributed by atoms with E-state index in [4.69, 9.17) is 4.74 Å². The van der Waals surface area contributed by atoms with Crippen LogP contribution in [0.5, 0.6) is 5.75 Å². The maximum Gasteiger partial charge on any atom is 0.280 e. The van der Waals surface area contributed by atoms with E-state index in [2.05, 4.69) is 20.8 Å². The number of nitrogens with one attached hydrogen (secondary N) is 2. The van der Waals surface area contributed by atoms with Crippen LogP contribution in [0.1, 0.15) is 11.9 Å². The standard InChI is InChI=1S/C13H12N4O3S/c1-7-16-17-12(21-7)15-11(19)13(2)10(18)14-8-5-3-4-6-9(8)20-13/h3-6H,1-2H3,(H,14,18)(H,15,17,19)/t13-/m1/s1. The Kier molecular flexibility index (Phi) is 3.09. The molecular weight excluding hydrogens is 292 g/mol. The Hall–Kier alpha value is -2.48. The van der Waals surface area contributed by atoms with Gasteiger partial charge in [0.25, 0.3) is 17.4 Å². The quantitative estimate of drug-likeness (QED) is 0.822. The Balaban J connectivity index is 1.86. The van der Waals surface area contributed by atoms with Gasteiger partial charge in [-0.2, -0.15) is 0 Å². The minimum absolute atomic E-state index is 0.328. The summed E-state index contributed by atoms with van der Waals surface area (Å²) < 4.78 is 5.60. The monoisotopic (exact) mass is 304 g/mol. The largest absolute Gasteiger partial charge is 0.466 e. The van der Waals surface area contributed by atoms with Gasteiger partial charge in [0.05, 0.1) is 5.69 Å². The van der Waals surface area contributed by atoms with Crippen LogP contribution in [0.3, 0.4) is 0 Å². The Morgan fingerprint density at radius 1 is 1.38 bits per heavy atom. The van der Waals surface area contributed by atoms with E-state index in [1.807, 2.05) is 0 Å². The molecule has 108 valence electrons. The number of anilines is 2. The Bertz CT molecular complexity index is 730. The number of nitrogens with zero attached hydrogens (tertiary/aromatic N) is 2. The highest BCUT2D eigenvalue weighted by Crippen LogP contribution is 2.33. The van der Waals surface area contributed by atoms with E-state index in [1.54, 1.807) is 31.2 Å². The van der Waals surface area contributed by atoms with Crippen LogP contribution in [0.15, 0.2) is 24.3 Å². The smallest absolute Gasteiger partial charge is 0.280 e. The molecule has 2 heterocycles. The van der Waals surface area contributed by atoms with E-state index in [-0.39, 0.29) is 0 Å². The maximum absolute atomic E-state index is 12.4. The number of hydrogen-bond acceptors (Lipinski definition) is 6. The van der Waals surface area contributed by atoms with Crippen molar-refractivity contribution in [1.82, 2.24) is 10.2 Å². The molecule has 1 atom stereocenters. The van der Waals surface area contributed by atoms with Gasteiger partial charge in [-0.05, 0) is 26.0 Å². The molecule has 3 rings (SSSR count). The first-order valence-corrected chi connectivity index (χ1v) is 7.02. The minimum atomic E-state index is -1.66.